The number of hydrogen-bond donors (Lipinski definition) is 3. The number of nitrogens with one attached hydrogen (secondary N) is 2. The van der Waals surface area contributed by atoms with E-state index in [2.05, 4.69) is 10.3 Å². The van der Waals surface area contributed by atoms with Crippen LogP contribution in [0.2, 0.25) is 0 Å². The van der Waals surface area contributed by atoms with Crippen LogP contribution in [-0.2, 0) is 11.3 Å². The molecule has 3 aromatic carbocycles. The van der Waals surface area contributed by atoms with Gasteiger partial charge in [0.15, 0.2) is 0 Å². The Balaban J connectivity index is 0.00000225. The molecule has 0 aliphatic carbocycles. The smallest absolute Gasteiger partial charge is 0.231 e. The lowest BCUT2D eigenvalue weighted by Crippen LogP contribution is -2.18. The van der Waals surface area contributed by atoms with Gasteiger partial charge >= 0.3 is 0 Å². The lowest BCUT2D eigenvalue weighted by molar-refractivity contribution is -0.117. The molecule has 1 heterocycles. The standard InChI is InChI=1S/C22H20FN3O.ClH/c1-13(22(27)25-17-6-2-14(12-24)3-7-17)15-4-8-18-19-9-5-16(23)11-21(19)26-20(18)10-15;/h2-11,13,26H,12,24H2,1H3,(H,25,27);1H. The molecule has 0 saturated heterocycles. The molecule has 0 aliphatic heterocycles. The summed E-state index contributed by atoms with van der Waals surface area (Å²) in [5.74, 6) is -0.689. The van der Waals surface area contributed by atoms with E-state index in [9.17, 15) is 9.18 Å². The number of aromatic nitrogens is 1. The molecule has 0 spiro atoms. The number of nitrogens with two attached hydrogens (primary N) is 1. The Hall–Kier alpha value is -2.89. The van der Waals surface area contributed by atoms with Crippen LogP contribution in [0, 0.1) is 5.82 Å². The molecule has 1 amide bonds. The van der Waals surface area contributed by atoms with Crippen LogP contribution in [0.15, 0.2) is 60.7 Å². The van der Waals surface area contributed by atoms with Gasteiger partial charge in [0, 0.05) is 34.0 Å². The maximum atomic E-state index is 13.5. The average Bonchev–Trinajstić information content (AvgIpc) is 3.04. The zero-order valence-electron chi connectivity index (χ0n) is 15.3. The number of aromatic amines is 1. The van der Waals surface area contributed by atoms with Crippen LogP contribution < -0.4 is 11.1 Å². The van der Waals surface area contributed by atoms with E-state index in [1.165, 1.54) is 12.1 Å². The molecule has 1 aromatic heterocycles. The second-order valence-electron chi connectivity index (χ2n) is 6.73. The third kappa shape index (κ3) is 3.72. The largest absolute Gasteiger partial charge is 0.354 e. The molecule has 0 fully saturated rings. The number of fused-ring (bicyclic) bond motifs is 3. The molecule has 28 heavy (non-hydrogen) atoms. The first-order valence-electron chi connectivity index (χ1n) is 8.86. The van der Waals surface area contributed by atoms with Crippen molar-refractivity contribution < 1.29 is 9.18 Å². The third-order valence-corrected chi connectivity index (χ3v) is 4.94. The summed E-state index contributed by atoms with van der Waals surface area (Å²) < 4.78 is 13.5. The highest BCUT2D eigenvalue weighted by atomic mass is 35.5. The molecule has 4 nitrogen and oxygen atoms in total. The Morgan fingerprint density at radius 3 is 2.36 bits per heavy atom. The minimum absolute atomic E-state index is 0. The average molecular weight is 398 g/mol. The van der Waals surface area contributed by atoms with Crippen molar-refractivity contribution in [1.82, 2.24) is 4.98 Å². The zero-order chi connectivity index (χ0) is 19.0. The Bertz CT molecular complexity index is 1140. The van der Waals surface area contributed by atoms with Crippen LogP contribution in [0.5, 0.6) is 0 Å². The van der Waals surface area contributed by atoms with Gasteiger partial charge in [0.05, 0.1) is 5.92 Å². The molecule has 4 N–H and O–H groups in total. The van der Waals surface area contributed by atoms with Crippen LogP contribution in [-0.4, -0.2) is 10.9 Å². The number of carbonyl (C=O) groups excluding carboxylic acids is 1. The monoisotopic (exact) mass is 397 g/mol. The van der Waals surface area contributed by atoms with Gasteiger partial charge in [-0.1, -0.05) is 24.3 Å². The summed E-state index contributed by atoms with van der Waals surface area (Å²) >= 11 is 0. The summed E-state index contributed by atoms with van der Waals surface area (Å²) in [4.78, 5) is 15.9. The first-order valence-corrected chi connectivity index (χ1v) is 8.86. The van der Waals surface area contributed by atoms with E-state index in [0.29, 0.717) is 6.54 Å². The predicted molar refractivity (Wildman–Crippen MR) is 114 cm³/mol. The molecule has 0 bridgehead atoms. The quantitative estimate of drug-likeness (QED) is 0.449. The van der Waals surface area contributed by atoms with Gasteiger partial charge in [-0.25, -0.2) is 4.39 Å². The van der Waals surface area contributed by atoms with Gasteiger partial charge in [-0.15, -0.1) is 12.4 Å². The number of H-pyrrole nitrogens is 1. The second-order valence-corrected chi connectivity index (χ2v) is 6.73. The molecule has 4 rings (SSSR count). The molecule has 0 aliphatic rings. The number of anilines is 1. The van der Waals surface area contributed by atoms with Gasteiger partial charge in [0.25, 0.3) is 0 Å². The van der Waals surface area contributed by atoms with Gasteiger partial charge in [-0.05, 0) is 54.4 Å². The Labute approximate surface area is 168 Å². The molecule has 1 atom stereocenters. The number of amides is 1. The van der Waals surface area contributed by atoms with Crippen LogP contribution >= 0.6 is 12.4 Å². The number of benzene rings is 3. The van der Waals surface area contributed by atoms with Crippen molar-refractivity contribution in [1.29, 1.82) is 0 Å². The summed E-state index contributed by atoms with van der Waals surface area (Å²) in [7, 11) is 0. The molecule has 0 saturated carbocycles. The fourth-order valence-corrected chi connectivity index (χ4v) is 3.30. The first-order chi connectivity index (χ1) is 13.0. The number of carbonyl (C=O) groups is 1. The van der Waals surface area contributed by atoms with E-state index in [-0.39, 0.29) is 30.0 Å². The van der Waals surface area contributed by atoms with Crippen molar-refractivity contribution in [3.05, 3.63) is 77.6 Å². The second kappa shape index (κ2) is 8.00. The van der Waals surface area contributed by atoms with E-state index >= 15 is 0 Å². The van der Waals surface area contributed by atoms with Crippen LogP contribution in [0.25, 0.3) is 21.8 Å². The van der Waals surface area contributed by atoms with Crippen LogP contribution in [0.1, 0.15) is 24.0 Å². The Morgan fingerprint density at radius 2 is 1.68 bits per heavy atom. The number of rotatable bonds is 4. The molecular weight excluding hydrogens is 377 g/mol. The van der Waals surface area contributed by atoms with Crippen molar-refractivity contribution in [2.24, 2.45) is 5.73 Å². The minimum atomic E-state index is -0.327. The lowest BCUT2D eigenvalue weighted by Gasteiger charge is -2.13. The van der Waals surface area contributed by atoms with Crippen LogP contribution in [0.3, 0.4) is 0 Å². The number of hydrogen-bond acceptors (Lipinski definition) is 2. The van der Waals surface area contributed by atoms with E-state index in [1.807, 2.05) is 49.4 Å². The summed E-state index contributed by atoms with van der Waals surface area (Å²) in [5, 5.41) is 4.91. The normalized spacial score (nSPS) is 12.0. The maximum Gasteiger partial charge on any atom is 0.231 e. The maximum absolute atomic E-state index is 13.5. The molecule has 6 heteroatoms. The third-order valence-electron chi connectivity index (χ3n) is 4.94. The Morgan fingerprint density at radius 1 is 1.04 bits per heavy atom. The fraction of sp³-hybridized carbons (Fsp3) is 0.136. The summed E-state index contributed by atoms with van der Waals surface area (Å²) in [5.41, 5.74) is 9.89. The van der Waals surface area contributed by atoms with Crippen molar-refractivity contribution >= 4 is 45.8 Å². The van der Waals surface area contributed by atoms with Gasteiger partial charge in [-0.3, -0.25) is 4.79 Å². The van der Waals surface area contributed by atoms with E-state index in [1.54, 1.807) is 6.07 Å². The topological polar surface area (TPSA) is 70.9 Å². The van der Waals surface area contributed by atoms with Crippen molar-refractivity contribution in [3.63, 3.8) is 0 Å². The number of halogens is 2. The molecule has 144 valence electrons. The highest BCUT2D eigenvalue weighted by molar-refractivity contribution is 6.07. The van der Waals surface area contributed by atoms with E-state index < -0.39 is 0 Å². The van der Waals surface area contributed by atoms with E-state index in [4.69, 9.17) is 5.73 Å². The van der Waals surface area contributed by atoms with Crippen molar-refractivity contribution in [2.45, 2.75) is 19.4 Å². The Kier molecular flexibility index (Phi) is 5.68. The van der Waals surface area contributed by atoms with E-state index in [0.717, 1.165) is 38.6 Å². The highest BCUT2D eigenvalue weighted by Gasteiger charge is 2.17. The zero-order valence-corrected chi connectivity index (χ0v) is 16.1. The molecule has 4 aromatic rings. The molecule has 1 unspecified atom stereocenters. The van der Waals surface area contributed by atoms with Crippen molar-refractivity contribution in [2.75, 3.05) is 5.32 Å². The molecule has 0 radical (unpaired) electrons. The SMILES string of the molecule is CC(C(=O)Nc1ccc(CN)cc1)c1ccc2c(c1)[nH]c1cc(F)ccc12.Cl. The summed E-state index contributed by atoms with van der Waals surface area (Å²) in [6, 6.07) is 18.1. The summed E-state index contributed by atoms with van der Waals surface area (Å²) in [6.07, 6.45) is 0. The minimum Gasteiger partial charge on any atom is -0.354 e. The highest BCUT2D eigenvalue weighted by Crippen LogP contribution is 2.29. The van der Waals surface area contributed by atoms with Gasteiger partial charge < -0.3 is 16.0 Å². The van der Waals surface area contributed by atoms with Gasteiger partial charge in [0.1, 0.15) is 5.82 Å². The fourth-order valence-electron chi connectivity index (χ4n) is 3.30. The molecular formula is C22H21ClFN3O. The summed E-state index contributed by atoms with van der Waals surface area (Å²) in [6.45, 7) is 2.34. The predicted octanol–water partition coefficient (Wildman–Crippen LogP) is 5.08. The first kappa shape index (κ1) is 19.9. The van der Waals surface area contributed by atoms with Crippen LogP contribution in [0.4, 0.5) is 10.1 Å². The lowest BCUT2D eigenvalue weighted by atomic mass is 9.98. The van der Waals surface area contributed by atoms with Gasteiger partial charge in [-0.2, -0.15) is 0 Å². The van der Waals surface area contributed by atoms with Crippen molar-refractivity contribution in [3.8, 4) is 0 Å². The van der Waals surface area contributed by atoms with Gasteiger partial charge in [0.2, 0.25) is 5.91 Å².